The van der Waals surface area contributed by atoms with E-state index in [1.54, 1.807) is 17.0 Å². The number of hydrogen-bond donors (Lipinski definition) is 1. The molecule has 6 heteroatoms. The van der Waals surface area contributed by atoms with E-state index in [0.717, 1.165) is 0 Å². The molecule has 0 unspecified atom stereocenters. The van der Waals surface area contributed by atoms with Gasteiger partial charge in [-0.15, -0.1) is 0 Å². The van der Waals surface area contributed by atoms with Crippen molar-refractivity contribution in [2.75, 3.05) is 19.7 Å². The Labute approximate surface area is 129 Å². The number of amides is 2. The van der Waals surface area contributed by atoms with E-state index in [0.29, 0.717) is 31.7 Å². The maximum atomic E-state index is 11.8. The normalized spacial score (nSPS) is 15.0. The number of likely N-dealkylation sites (tertiary alicyclic amines) is 1. The van der Waals surface area contributed by atoms with Crippen molar-refractivity contribution in [3.63, 3.8) is 0 Å². The maximum Gasteiger partial charge on any atom is 0.258 e. The molecule has 0 spiro atoms. The van der Waals surface area contributed by atoms with Gasteiger partial charge in [-0.2, -0.15) is 5.26 Å². The Hall–Kier alpha value is -2.55. The summed E-state index contributed by atoms with van der Waals surface area (Å²) in [6.07, 6.45) is 1.32. The number of carbonyl (C=O) groups is 2. The highest BCUT2D eigenvalue weighted by atomic mass is 16.5. The predicted molar refractivity (Wildman–Crippen MR) is 79.9 cm³/mol. The van der Waals surface area contributed by atoms with Gasteiger partial charge in [-0.3, -0.25) is 9.59 Å². The van der Waals surface area contributed by atoms with Crippen molar-refractivity contribution in [1.82, 2.24) is 10.2 Å². The van der Waals surface area contributed by atoms with E-state index in [9.17, 15) is 9.59 Å². The fraction of sp³-hybridized carbons (Fsp3) is 0.438. The van der Waals surface area contributed by atoms with Gasteiger partial charge in [-0.05, 0) is 25.0 Å². The molecule has 1 fully saturated rings. The van der Waals surface area contributed by atoms with Crippen LogP contribution in [0, 0.1) is 11.3 Å². The average molecular weight is 301 g/mol. The number of benzene rings is 1. The van der Waals surface area contributed by atoms with Gasteiger partial charge in [0.25, 0.3) is 5.91 Å². The summed E-state index contributed by atoms with van der Waals surface area (Å²) in [4.78, 5) is 25.1. The molecule has 1 aliphatic heterocycles. The largest absolute Gasteiger partial charge is 0.484 e. The lowest BCUT2D eigenvalue weighted by molar-refractivity contribution is -0.131. The molecule has 0 radical (unpaired) electrons. The number of para-hydroxylation sites is 1. The molecule has 1 aromatic carbocycles. The van der Waals surface area contributed by atoms with Gasteiger partial charge in [-0.1, -0.05) is 18.2 Å². The highest BCUT2D eigenvalue weighted by molar-refractivity contribution is 5.79. The van der Waals surface area contributed by atoms with Crippen molar-refractivity contribution in [2.45, 2.75) is 25.3 Å². The fourth-order valence-corrected chi connectivity index (χ4v) is 2.39. The Morgan fingerprint density at radius 3 is 2.59 bits per heavy atom. The van der Waals surface area contributed by atoms with Gasteiger partial charge in [0.2, 0.25) is 5.91 Å². The van der Waals surface area contributed by atoms with Crippen LogP contribution in [0.25, 0.3) is 0 Å². The highest BCUT2D eigenvalue weighted by Crippen LogP contribution is 2.12. The molecule has 1 aliphatic rings. The lowest BCUT2D eigenvalue weighted by atomic mass is 10.0. The summed E-state index contributed by atoms with van der Waals surface area (Å²) in [6, 6.07) is 11.1. The molecule has 1 aromatic rings. The minimum atomic E-state index is -0.161. The van der Waals surface area contributed by atoms with Gasteiger partial charge < -0.3 is 15.0 Å². The smallest absolute Gasteiger partial charge is 0.258 e. The number of carbonyl (C=O) groups excluding carboxylic acids is 2. The first-order chi connectivity index (χ1) is 10.7. The molecule has 0 aliphatic carbocycles. The molecule has 116 valence electrons. The minimum Gasteiger partial charge on any atom is -0.484 e. The van der Waals surface area contributed by atoms with E-state index in [4.69, 9.17) is 10.00 Å². The van der Waals surface area contributed by atoms with Crippen LogP contribution in [0.15, 0.2) is 30.3 Å². The molecule has 0 atom stereocenters. The quantitative estimate of drug-likeness (QED) is 0.882. The molecule has 2 rings (SSSR count). The second-order valence-corrected chi connectivity index (χ2v) is 5.16. The Balaban J connectivity index is 1.68. The van der Waals surface area contributed by atoms with E-state index in [-0.39, 0.29) is 30.9 Å². The summed E-state index contributed by atoms with van der Waals surface area (Å²) in [5.41, 5.74) is 0. The molecule has 0 saturated carbocycles. The van der Waals surface area contributed by atoms with E-state index < -0.39 is 0 Å². The molecular formula is C16H19N3O3. The highest BCUT2D eigenvalue weighted by Gasteiger charge is 2.23. The summed E-state index contributed by atoms with van der Waals surface area (Å²) in [5, 5.41) is 11.4. The van der Waals surface area contributed by atoms with Crippen molar-refractivity contribution in [1.29, 1.82) is 5.26 Å². The lowest BCUT2D eigenvalue weighted by Gasteiger charge is -2.32. The van der Waals surface area contributed by atoms with Crippen LogP contribution in [0.5, 0.6) is 5.75 Å². The van der Waals surface area contributed by atoms with E-state index in [1.165, 1.54) is 0 Å². The van der Waals surface area contributed by atoms with E-state index in [1.807, 2.05) is 24.3 Å². The third kappa shape index (κ3) is 4.77. The van der Waals surface area contributed by atoms with E-state index >= 15 is 0 Å². The summed E-state index contributed by atoms with van der Waals surface area (Å²) < 4.78 is 5.39. The van der Waals surface area contributed by atoms with Crippen molar-refractivity contribution in [3.05, 3.63) is 30.3 Å². The summed E-state index contributed by atoms with van der Waals surface area (Å²) >= 11 is 0. The average Bonchev–Trinajstić information content (AvgIpc) is 2.55. The topological polar surface area (TPSA) is 82.4 Å². The predicted octanol–water partition coefficient (Wildman–Crippen LogP) is 1.09. The molecule has 0 aromatic heterocycles. The zero-order valence-corrected chi connectivity index (χ0v) is 12.3. The first kappa shape index (κ1) is 15.8. The second-order valence-electron chi connectivity index (χ2n) is 5.16. The molecular weight excluding hydrogens is 282 g/mol. The van der Waals surface area contributed by atoms with Gasteiger partial charge >= 0.3 is 0 Å². The number of nitrogens with one attached hydrogen (secondary N) is 1. The van der Waals surface area contributed by atoms with Gasteiger partial charge in [0, 0.05) is 19.1 Å². The minimum absolute atomic E-state index is 0.0163. The third-order valence-electron chi connectivity index (χ3n) is 3.56. The van der Waals surface area contributed by atoms with Crippen LogP contribution in [0.3, 0.4) is 0 Å². The van der Waals surface area contributed by atoms with Crippen LogP contribution in [0.2, 0.25) is 0 Å². The fourth-order valence-electron chi connectivity index (χ4n) is 2.39. The summed E-state index contributed by atoms with van der Waals surface area (Å²) in [6.45, 7) is 1.13. The first-order valence-corrected chi connectivity index (χ1v) is 7.31. The summed E-state index contributed by atoms with van der Waals surface area (Å²) in [7, 11) is 0. The Bertz CT molecular complexity index is 546. The number of rotatable bonds is 5. The van der Waals surface area contributed by atoms with Crippen molar-refractivity contribution >= 4 is 11.8 Å². The van der Waals surface area contributed by atoms with Crippen molar-refractivity contribution < 1.29 is 14.3 Å². The molecule has 1 N–H and O–H groups in total. The standard InChI is InChI=1S/C16H19N3O3/c17-9-6-16(21)19-10-7-13(8-11-19)18-15(20)12-22-14-4-2-1-3-5-14/h1-5,13H,6-8,10-12H2,(H,18,20). The number of nitriles is 1. The van der Waals surface area contributed by atoms with Crippen LogP contribution in [0.1, 0.15) is 19.3 Å². The van der Waals surface area contributed by atoms with Crippen LogP contribution in [-0.2, 0) is 9.59 Å². The molecule has 0 bridgehead atoms. The van der Waals surface area contributed by atoms with Crippen molar-refractivity contribution in [3.8, 4) is 11.8 Å². The van der Waals surface area contributed by atoms with Crippen LogP contribution in [0.4, 0.5) is 0 Å². The maximum absolute atomic E-state index is 11.8. The van der Waals surface area contributed by atoms with Crippen LogP contribution in [-0.4, -0.2) is 42.5 Å². The zero-order valence-electron chi connectivity index (χ0n) is 12.3. The zero-order chi connectivity index (χ0) is 15.8. The number of piperidine rings is 1. The number of hydrogen-bond acceptors (Lipinski definition) is 4. The van der Waals surface area contributed by atoms with Gasteiger partial charge in [0.05, 0.1) is 6.07 Å². The molecule has 22 heavy (non-hydrogen) atoms. The molecule has 2 amide bonds. The van der Waals surface area contributed by atoms with Crippen molar-refractivity contribution in [2.24, 2.45) is 0 Å². The summed E-state index contributed by atoms with van der Waals surface area (Å²) in [5.74, 6) is 0.361. The first-order valence-electron chi connectivity index (χ1n) is 7.31. The Kier molecular flexibility index (Phi) is 5.78. The van der Waals surface area contributed by atoms with Gasteiger partial charge in [0.1, 0.15) is 12.2 Å². The van der Waals surface area contributed by atoms with Crippen LogP contribution < -0.4 is 10.1 Å². The number of nitrogens with zero attached hydrogens (tertiary/aromatic N) is 2. The molecule has 6 nitrogen and oxygen atoms in total. The third-order valence-corrected chi connectivity index (χ3v) is 3.56. The molecule has 1 heterocycles. The lowest BCUT2D eigenvalue weighted by Crippen LogP contribution is -2.47. The second kappa shape index (κ2) is 8.03. The molecule has 1 saturated heterocycles. The number of ether oxygens (including phenoxy) is 1. The van der Waals surface area contributed by atoms with E-state index in [2.05, 4.69) is 5.32 Å². The Morgan fingerprint density at radius 2 is 1.95 bits per heavy atom. The van der Waals surface area contributed by atoms with Gasteiger partial charge in [-0.25, -0.2) is 0 Å². The monoisotopic (exact) mass is 301 g/mol. The Morgan fingerprint density at radius 1 is 1.27 bits per heavy atom. The van der Waals surface area contributed by atoms with Crippen LogP contribution >= 0.6 is 0 Å². The van der Waals surface area contributed by atoms with Gasteiger partial charge in [0.15, 0.2) is 6.61 Å². The SMILES string of the molecule is N#CCC(=O)N1CCC(NC(=O)COc2ccccc2)CC1.